The van der Waals surface area contributed by atoms with E-state index in [2.05, 4.69) is 0 Å². The molecule has 0 aliphatic heterocycles. The molecule has 0 saturated carbocycles. The highest BCUT2D eigenvalue weighted by Crippen LogP contribution is 2.35. The van der Waals surface area contributed by atoms with Gasteiger partial charge in [-0.3, -0.25) is 10.1 Å². The van der Waals surface area contributed by atoms with E-state index in [0.29, 0.717) is 11.3 Å². The average molecular weight is 287 g/mol. The van der Waals surface area contributed by atoms with Crippen molar-refractivity contribution < 1.29 is 14.8 Å². The van der Waals surface area contributed by atoms with Gasteiger partial charge in [0.1, 0.15) is 5.75 Å². The molecule has 0 spiro atoms. The average Bonchev–Trinajstić information content (AvgIpc) is 2.42. The molecule has 5 heteroatoms. The monoisotopic (exact) mass is 287 g/mol. The summed E-state index contributed by atoms with van der Waals surface area (Å²) >= 11 is 0. The number of nitrogens with zero attached hydrogens (tertiary/aromatic N) is 1. The summed E-state index contributed by atoms with van der Waals surface area (Å²) in [5.74, 6) is 0.751. The second kappa shape index (κ2) is 5.93. The number of nitro benzene ring substituents is 1. The molecule has 0 aliphatic rings. The summed E-state index contributed by atoms with van der Waals surface area (Å²) in [7, 11) is 0. The number of aryl methyl sites for hydroxylation is 2. The Morgan fingerprint density at radius 1 is 1.14 bits per heavy atom. The van der Waals surface area contributed by atoms with E-state index in [4.69, 9.17) is 4.74 Å². The number of aliphatic hydroxyl groups is 1. The lowest BCUT2D eigenvalue weighted by molar-refractivity contribution is -0.385. The van der Waals surface area contributed by atoms with Crippen LogP contribution in [0.5, 0.6) is 11.5 Å². The topological polar surface area (TPSA) is 72.6 Å². The van der Waals surface area contributed by atoms with Crippen LogP contribution in [0.15, 0.2) is 36.4 Å². The van der Waals surface area contributed by atoms with Gasteiger partial charge < -0.3 is 9.84 Å². The van der Waals surface area contributed by atoms with Crippen LogP contribution in [0.4, 0.5) is 5.69 Å². The van der Waals surface area contributed by atoms with Crippen LogP contribution in [0.2, 0.25) is 0 Å². The Kier molecular flexibility index (Phi) is 4.23. The molecule has 0 radical (unpaired) electrons. The molecule has 0 unspecified atom stereocenters. The van der Waals surface area contributed by atoms with E-state index >= 15 is 0 Å². The quantitative estimate of drug-likeness (QED) is 0.680. The summed E-state index contributed by atoms with van der Waals surface area (Å²) in [6.45, 7) is 5.37. The summed E-state index contributed by atoms with van der Waals surface area (Å²) in [6.07, 6.45) is -0.765. The third-order valence-electron chi connectivity index (χ3n) is 3.23. The van der Waals surface area contributed by atoms with E-state index in [1.165, 1.54) is 12.1 Å². The van der Waals surface area contributed by atoms with Crippen LogP contribution < -0.4 is 4.74 Å². The fraction of sp³-hybridized carbons (Fsp3) is 0.250. The lowest BCUT2D eigenvalue weighted by atomic mass is 10.1. The molecule has 0 saturated heterocycles. The van der Waals surface area contributed by atoms with E-state index in [0.717, 1.165) is 11.1 Å². The highest BCUT2D eigenvalue weighted by Gasteiger charge is 2.18. The number of benzene rings is 2. The molecule has 110 valence electrons. The molecular weight excluding hydrogens is 270 g/mol. The van der Waals surface area contributed by atoms with Crippen LogP contribution in [0.25, 0.3) is 0 Å². The first-order valence-electron chi connectivity index (χ1n) is 6.60. The van der Waals surface area contributed by atoms with E-state index in [-0.39, 0.29) is 11.4 Å². The predicted molar refractivity (Wildman–Crippen MR) is 79.7 cm³/mol. The van der Waals surface area contributed by atoms with Crippen LogP contribution in [-0.2, 0) is 0 Å². The Bertz CT molecular complexity index is 680. The van der Waals surface area contributed by atoms with Gasteiger partial charge in [0.25, 0.3) is 0 Å². The third kappa shape index (κ3) is 3.38. The van der Waals surface area contributed by atoms with Crippen LogP contribution in [0.1, 0.15) is 29.7 Å². The van der Waals surface area contributed by atoms with Gasteiger partial charge >= 0.3 is 5.69 Å². The zero-order valence-electron chi connectivity index (χ0n) is 12.2. The second-order valence-corrected chi connectivity index (χ2v) is 5.03. The predicted octanol–water partition coefficient (Wildman–Crippen LogP) is 4.06. The number of aliphatic hydroxyl groups excluding tert-OH is 1. The van der Waals surface area contributed by atoms with Gasteiger partial charge in [-0.05, 0) is 49.6 Å². The highest BCUT2D eigenvalue weighted by atomic mass is 16.6. The molecule has 0 heterocycles. The Morgan fingerprint density at radius 2 is 1.86 bits per heavy atom. The molecule has 0 aliphatic carbocycles. The summed E-state index contributed by atoms with van der Waals surface area (Å²) in [4.78, 5) is 10.7. The number of ether oxygens (including phenoxy) is 1. The van der Waals surface area contributed by atoms with Crippen molar-refractivity contribution in [2.75, 3.05) is 0 Å². The molecule has 0 fully saturated rings. The van der Waals surface area contributed by atoms with E-state index < -0.39 is 11.0 Å². The summed E-state index contributed by atoms with van der Waals surface area (Å²) in [5, 5.41) is 20.7. The van der Waals surface area contributed by atoms with Gasteiger partial charge in [0, 0.05) is 6.07 Å². The largest absolute Gasteiger partial charge is 0.450 e. The van der Waals surface area contributed by atoms with Crippen LogP contribution in [0, 0.1) is 24.0 Å². The van der Waals surface area contributed by atoms with Gasteiger partial charge in [-0.2, -0.15) is 0 Å². The lowest BCUT2D eigenvalue weighted by Gasteiger charge is -2.11. The standard InChI is InChI=1S/C16H17NO4/c1-10-4-5-11(2)16(8-10)21-15-7-6-13(12(3)18)9-14(15)17(19)20/h4-9,12,18H,1-3H3/t12-/m1/s1. The maximum atomic E-state index is 11.2. The minimum Gasteiger partial charge on any atom is -0.450 e. The smallest absolute Gasteiger partial charge is 0.311 e. The zero-order valence-corrected chi connectivity index (χ0v) is 12.2. The summed E-state index contributed by atoms with van der Waals surface area (Å²) in [6, 6.07) is 10.2. The van der Waals surface area contributed by atoms with Crippen molar-refractivity contribution in [3.63, 3.8) is 0 Å². The van der Waals surface area contributed by atoms with Crippen molar-refractivity contribution in [3.05, 3.63) is 63.2 Å². The maximum absolute atomic E-state index is 11.2. The Labute approximate surface area is 123 Å². The Morgan fingerprint density at radius 3 is 2.48 bits per heavy atom. The fourth-order valence-corrected chi connectivity index (χ4v) is 1.96. The van der Waals surface area contributed by atoms with E-state index in [1.54, 1.807) is 13.0 Å². The van der Waals surface area contributed by atoms with Gasteiger partial charge in [-0.15, -0.1) is 0 Å². The van der Waals surface area contributed by atoms with Crippen LogP contribution >= 0.6 is 0 Å². The maximum Gasteiger partial charge on any atom is 0.311 e. The normalized spacial score (nSPS) is 12.0. The van der Waals surface area contributed by atoms with Crippen molar-refractivity contribution in [3.8, 4) is 11.5 Å². The number of rotatable bonds is 4. The second-order valence-electron chi connectivity index (χ2n) is 5.03. The first-order valence-corrected chi connectivity index (χ1v) is 6.60. The number of hydrogen-bond donors (Lipinski definition) is 1. The number of hydrogen-bond acceptors (Lipinski definition) is 4. The molecule has 2 rings (SSSR count). The molecule has 5 nitrogen and oxygen atoms in total. The number of nitro groups is 1. The van der Waals surface area contributed by atoms with Gasteiger partial charge in [-0.25, -0.2) is 0 Å². The van der Waals surface area contributed by atoms with E-state index in [9.17, 15) is 15.2 Å². The molecule has 2 aromatic carbocycles. The molecule has 2 aromatic rings. The van der Waals surface area contributed by atoms with Gasteiger partial charge in [-0.1, -0.05) is 18.2 Å². The van der Waals surface area contributed by atoms with E-state index in [1.807, 2.05) is 32.0 Å². The summed E-state index contributed by atoms with van der Waals surface area (Å²) < 4.78 is 5.69. The van der Waals surface area contributed by atoms with Crippen molar-refractivity contribution in [1.29, 1.82) is 0 Å². The molecule has 1 atom stereocenters. The third-order valence-corrected chi connectivity index (χ3v) is 3.23. The lowest BCUT2D eigenvalue weighted by Crippen LogP contribution is -1.98. The zero-order chi connectivity index (χ0) is 15.6. The first kappa shape index (κ1) is 15.0. The van der Waals surface area contributed by atoms with Crippen molar-refractivity contribution in [2.24, 2.45) is 0 Å². The van der Waals surface area contributed by atoms with Crippen molar-refractivity contribution in [1.82, 2.24) is 0 Å². The minimum atomic E-state index is -0.765. The fourth-order valence-electron chi connectivity index (χ4n) is 1.96. The Hall–Kier alpha value is -2.40. The molecule has 0 amide bonds. The van der Waals surface area contributed by atoms with Gasteiger partial charge in [0.05, 0.1) is 11.0 Å². The Balaban J connectivity index is 2.44. The SMILES string of the molecule is Cc1ccc(C)c(Oc2ccc([C@@H](C)O)cc2[N+](=O)[O-])c1. The summed E-state index contributed by atoms with van der Waals surface area (Å²) in [5.41, 5.74) is 2.23. The minimum absolute atomic E-state index is 0.158. The molecule has 0 aromatic heterocycles. The van der Waals surface area contributed by atoms with Crippen molar-refractivity contribution >= 4 is 5.69 Å². The van der Waals surface area contributed by atoms with Gasteiger partial charge in [0.15, 0.2) is 0 Å². The van der Waals surface area contributed by atoms with Crippen molar-refractivity contribution in [2.45, 2.75) is 26.9 Å². The molecule has 0 bridgehead atoms. The van der Waals surface area contributed by atoms with Crippen LogP contribution in [-0.4, -0.2) is 10.0 Å². The molecule has 21 heavy (non-hydrogen) atoms. The molecule has 1 N–H and O–H groups in total. The molecular formula is C16H17NO4. The highest BCUT2D eigenvalue weighted by molar-refractivity contribution is 5.52. The van der Waals surface area contributed by atoms with Gasteiger partial charge in [0.2, 0.25) is 5.75 Å². The first-order chi connectivity index (χ1) is 9.88. The van der Waals surface area contributed by atoms with Crippen LogP contribution in [0.3, 0.4) is 0 Å².